The van der Waals surface area contributed by atoms with Gasteiger partial charge in [-0.3, -0.25) is 9.59 Å². The molecule has 144 valence electrons. The van der Waals surface area contributed by atoms with Crippen molar-refractivity contribution >= 4 is 23.1 Å². The number of carbonyl (C=O) groups excluding carboxylic acids is 2. The van der Waals surface area contributed by atoms with Gasteiger partial charge in [0.2, 0.25) is 0 Å². The van der Waals surface area contributed by atoms with Gasteiger partial charge in [-0.15, -0.1) is 0 Å². The van der Waals surface area contributed by atoms with Crippen LogP contribution in [0.25, 0.3) is 11.1 Å². The van der Waals surface area contributed by atoms with E-state index in [-0.39, 0.29) is 5.92 Å². The number of methoxy groups -OCH3 is 2. The molecule has 2 aromatic carbocycles. The maximum atomic E-state index is 12.3. The van der Waals surface area contributed by atoms with Crippen LogP contribution in [0.2, 0.25) is 0 Å². The molecule has 0 aromatic heterocycles. The van der Waals surface area contributed by atoms with Gasteiger partial charge < -0.3 is 9.47 Å². The van der Waals surface area contributed by atoms with E-state index >= 15 is 0 Å². The Hall–Kier alpha value is -3.14. The van der Waals surface area contributed by atoms with E-state index in [9.17, 15) is 9.59 Å². The van der Waals surface area contributed by atoms with Crippen LogP contribution in [-0.4, -0.2) is 26.2 Å². The van der Waals surface area contributed by atoms with Crippen molar-refractivity contribution in [1.82, 2.24) is 0 Å². The van der Waals surface area contributed by atoms with Crippen molar-refractivity contribution in [3.05, 3.63) is 83.9 Å². The Bertz CT molecular complexity index is 865. The van der Waals surface area contributed by atoms with Gasteiger partial charge in [-0.1, -0.05) is 72.8 Å². The van der Waals surface area contributed by atoms with Gasteiger partial charge in [0.1, 0.15) is 0 Å². The van der Waals surface area contributed by atoms with Crippen molar-refractivity contribution in [2.45, 2.75) is 12.8 Å². The van der Waals surface area contributed by atoms with Gasteiger partial charge in [0.15, 0.2) is 5.92 Å². The van der Waals surface area contributed by atoms with Crippen molar-refractivity contribution < 1.29 is 19.1 Å². The fraction of sp³-hybridized carbons (Fsp3) is 0.250. The minimum atomic E-state index is -0.975. The van der Waals surface area contributed by atoms with E-state index in [0.717, 1.165) is 23.1 Å². The highest BCUT2D eigenvalue weighted by Gasteiger charge is 2.36. The molecule has 0 saturated heterocycles. The first-order chi connectivity index (χ1) is 13.6. The van der Waals surface area contributed by atoms with E-state index < -0.39 is 17.9 Å². The zero-order chi connectivity index (χ0) is 19.9. The third kappa shape index (κ3) is 4.39. The van der Waals surface area contributed by atoms with Crippen molar-refractivity contribution in [3.8, 4) is 0 Å². The van der Waals surface area contributed by atoms with Gasteiger partial charge in [0.25, 0.3) is 0 Å². The molecule has 3 rings (SSSR count). The van der Waals surface area contributed by atoms with E-state index in [1.165, 1.54) is 19.8 Å². The predicted octanol–water partition coefficient (Wildman–Crippen LogP) is 4.53. The van der Waals surface area contributed by atoms with Gasteiger partial charge in [-0.2, -0.15) is 0 Å². The van der Waals surface area contributed by atoms with Crippen LogP contribution in [0.3, 0.4) is 0 Å². The third-order valence-electron chi connectivity index (χ3n) is 5.06. The summed E-state index contributed by atoms with van der Waals surface area (Å²) in [4.78, 5) is 24.7. The maximum absolute atomic E-state index is 12.3. The molecular weight excluding hydrogens is 352 g/mol. The Labute approximate surface area is 165 Å². The Kier molecular flexibility index (Phi) is 6.43. The van der Waals surface area contributed by atoms with Crippen LogP contribution in [0.1, 0.15) is 24.0 Å². The monoisotopic (exact) mass is 376 g/mol. The lowest BCUT2D eigenvalue weighted by Crippen LogP contribution is -2.32. The Morgan fingerprint density at radius 3 is 1.93 bits per heavy atom. The number of hydrogen-bond donors (Lipinski definition) is 0. The summed E-state index contributed by atoms with van der Waals surface area (Å²) >= 11 is 0. The zero-order valence-corrected chi connectivity index (χ0v) is 16.1. The summed E-state index contributed by atoms with van der Waals surface area (Å²) < 4.78 is 9.79. The molecule has 4 heteroatoms. The topological polar surface area (TPSA) is 52.6 Å². The summed E-state index contributed by atoms with van der Waals surface area (Å²) in [6, 6.07) is 20.1. The van der Waals surface area contributed by atoms with Crippen LogP contribution < -0.4 is 0 Å². The summed E-state index contributed by atoms with van der Waals surface area (Å²) in [5.74, 6) is -2.42. The minimum Gasteiger partial charge on any atom is -0.468 e. The van der Waals surface area contributed by atoms with E-state index in [0.29, 0.717) is 6.42 Å². The SMILES string of the molecule is COC(=O)C(C(=O)OC)[C@H]1C=C(c2ccccc2)C=C(c2ccccc2)CC1. The molecule has 0 spiro atoms. The van der Waals surface area contributed by atoms with Gasteiger partial charge in [0.05, 0.1) is 14.2 Å². The molecule has 0 saturated carbocycles. The number of esters is 2. The first kappa shape index (κ1) is 19.6. The molecule has 2 aromatic rings. The average Bonchev–Trinajstić information content (AvgIpc) is 2.98. The molecule has 4 nitrogen and oxygen atoms in total. The van der Waals surface area contributed by atoms with Crippen molar-refractivity contribution in [3.63, 3.8) is 0 Å². The highest BCUT2D eigenvalue weighted by Crippen LogP contribution is 2.36. The largest absolute Gasteiger partial charge is 0.468 e. The normalized spacial score (nSPS) is 16.6. The molecule has 0 radical (unpaired) electrons. The fourth-order valence-corrected chi connectivity index (χ4v) is 3.60. The molecule has 0 unspecified atom stereocenters. The molecule has 28 heavy (non-hydrogen) atoms. The molecule has 0 amide bonds. The van der Waals surface area contributed by atoms with Crippen LogP contribution in [0.15, 0.2) is 72.8 Å². The molecule has 0 bridgehead atoms. The number of allylic oxidation sites excluding steroid dienone is 4. The third-order valence-corrected chi connectivity index (χ3v) is 5.06. The Morgan fingerprint density at radius 2 is 1.39 bits per heavy atom. The lowest BCUT2D eigenvalue weighted by Gasteiger charge is -2.20. The first-order valence-corrected chi connectivity index (χ1v) is 9.33. The van der Waals surface area contributed by atoms with Crippen LogP contribution in [0.5, 0.6) is 0 Å². The lowest BCUT2D eigenvalue weighted by molar-refractivity contribution is -0.160. The van der Waals surface area contributed by atoms with Crippen molar-refractivity contribution in [2.24, 2.45) is 11.8 Å². The Balaban J connectivity index is 2.04. The molecule has 0 N–H and O–H groups in total. The van der Waals surface area contributed by atoms with E-state index in [4.69, 9.17) is 9.47 Å². The molecule has 1 atom stereocenters. The van der Waals surface area contributed by atoms with Crippen LogP contribution in [-0.2, 0) is 19.1 Å². The van der Waals surface area contributed by atoms with E-state index in [1.54, 1.807) is 0 Å². The predicted molar refractivity (Wildman–Crippen MR) is 109 cm³/mol. The maximum Gasteiger partial charge on any atom is 0.320 e. The zero-order valence-electron chi connectivity index (χ0n) is 16.1. The molecule has 0 aliphatic heterocycles. The smallest absolute Gasteiger partial charge is 0.320 e. The summed E-state index contributed by atoms with van der Waals surface area (Å²) in [5, 5.41) is 0. The molecule has 1 aliphatic carbocycles. The standard InChI is InChI=1S/C24H24O4/c1-27-23(25)22(24(26)28-2)20-14-13-19(17-9-5-3-6-10-17)15-21(16-20)18-11-7-4-8-12-18/h3-12,15-16,20,22H,13-14H2,1-2H3/t20-/m1/s1. The highest BCUT2D eigenvalue weighted by molar-refractivity contribution is 5.96. The number of hydrogen-bond acceptors (Lipinski definition) is 4. The molecule has 0 heterocycles. The molecule has 1 aliphatic rings. The van der Waals surface area contributed by atoms with Gasteiger partial charge in [-0.05, 0) is 35.1 Å². The average molecular weight is 376 g/mol. The number of rotatable bonds is 5. The molecular formula is C24H24O4. The summed E-state index contributed by atoms with van der Waals surface area (Å²) in [7, 11) is 2.59. The van der Waals surface area contributed by atoms with Gasteiger partial charge >= 0.3 is 11.9 Å². The van der Waals surface area contributed by atoms with E-state index in [1.807, 2.05) is 54.6 Å². The second-order valence-corrected chi connectivity index (χ2v) is 6.75. The number of carbonyl (C=O) groups is 2. The minimum absolute atomic E-state index is 0.312. The quantitative estimate of drug-likeness (QED) is 0.568. The first-order valence-electron chi connectivity index (χ1n) is 9.33. The lowest BCUT2D eigenvalue weighted by atomic mass is 9.86. The van der Waals surface area contributed by atoms with Crippen LogP contribution >= 0.6 is 0 Å². The van der Waals surface area contributed by atoms with Crippen molar-refractivity contribution in [2.75, 3.05) is 14.2 Å². The van der Waals surface area contributed by atoms with Crippen LogP contribution in [0, 0.1) is 11.8 Å². The van der Waals surface area contributed by atoms with Gasteiger partial charge in [-0.25, -0.2) is 0 Å². The second kappa shape index (κ2) is 9.18. The summed E-state index contributed by atoms with van der Waals surface area (Å²) in [6.45, 7) is 0. The highest BCUT2D eigenvalue weighted by atomic mass is 16.5. The van der Waals surface area contributed by atoms with Gasteiger partial charge in [0, 0.05) is 5.92 Å². The molecule has 0 fully saturated rings. The number of benzene rings is 2. The summed E-state index contributed by atoms with van der Waals surface area (Å²) in [5.41, 5.74) is 4.33. The summed E-state index contributed by atoms with van der Waals surface area (Å²) in [6.07, 6.45) is 5.54. The second-order valence-electron chi connectivity index (χ2n) is 6.75. The van der Waals surface area contributed by atoms with E-state index in [2.05, 4.69) is 18.2 Å². The fourth-order valence-electron chi connectivity index (χ4n) is 3.60. The number of ether oxygens (including phenoxy) is 2. The van der Waals surface area contributed by atoms with Crippen molar-refractivity contribution in [1.29, 1.82) is 0 Å². The Morgan fingerprint density at radius 1 is 0.857 bits per heavy atom. The van der Waals surface area contributed by atoms with Crippen LogP contribution in [0.4, 0.5) is 0 Å².